The molecule has 0 radical (unpaired) electrons. The molecule has 0 aliphatic carbocycles. The summed E-state index contributed by atoms with van der Waals surface area (Å²) in [5.41, 5.74) is 5.58. The summed E-state index contributed by atoms with van der Waals surface area (Å²) >= 11 is 3.35. The topological polar surface area (TPSA) is 43.1 Å². The fourth-order valence-corrected chi connectivity index (χ4v) is 1.90. The number of halogens is 1. The molecule has 1 amide bonds. The summed E-state index contributed by atoms with van der Waals surface area (Å²) in [5.74, 6) is -0.359. The minimum absolute atomic E-state index is 0.359. The van der Waals surface area contributed by atoms with E-state index in [2.05, 4.69) is 22.5 Å². The highest BCUT2D eigenvalue weighted by atomic mass is 79.9. The Morgan fingerprint density at radius 3 is 2.40 bits per heavy atom. The first-order valence-electron chi connectivity index (χ1n) is 4.76. The first-order chi connectivity index (χ1) is 7.06. The molecule has 2 nitrogen and oxygen atoms in total. The van der Waals surface area contributed by atoms with Gasteiger partial charge in [0.25, 0.3) is 0 Å². The maximum absolute atomic E-state index is 11.5. The highest BCUT2D eigenvalue weighted by Crippen LogP contribution is 2.29. The summed E-state index contributed by atoms with van der Waals surface area (Å²) < 4.78 is 0.977. The van der Waals surface area contributed by atoms with E-state index in [1.54, 1.807) is 6.08 Å². The lowest BCUT2D eigenvalue weighted by atomic mass is 9.77. The zero-order chi connectivity index (χ0) is 11.5. The minimum Gasteiger partial charge on any atom is -0.369 e. The van der Waals surface area contributed by atoms with Crippen molar-refractivity contribution in [3.05, 3.63) is 47.0 Å². The molecule has 0 fully saturated rings. The third kappa shape index (κ3) is 2.12. The van der Waals surface area contributed by atoms with Crippen molar-refractivity contribution in [3.63, 3.8) is 0 Å². The van der Waals surface area contributed by atoms with Crippen LogP contribution in [-0.2, 0) is 10.2 Å². The van der Waals surface area contributed by atoms with Crippen molar-refractivity contribution in [2.24, 2.45) is 5.73 Å². The van der Waals surface area contributed by atoms with Crippen molar-refractivity contribution in [1.29, 1.82) is 0 Å². The average Bonchev–Trinajstić information content (AvgIpc) is 2.22. The Balaban J connectivity index is 3.26. The molecule has 1 aromatic carbocycles. The van der Waals surface area contributed by atoms with Crippen LogP contribution < -0.4 is 5.73 Å². The standard InChI is InChI=1S/C12H14BrNO/c1-3-12(4-2,11(14)15)9-5-7-10(13)8-6-9/h3,5-8H,1,4H2,2H3,(H2,14,15)/t12-/m1/s1. The third-order valence-electron chi connectivity index (χ3n) is 2.71. The summed E-state index contributed by atoms with van der Waals surface area (Å²) in [4.78, 5) is 11.5. The predicted molar refractivity (Wildman–Crippen MR) is 65.5 cm³/mol. The largest absolute Gasteiger partial charge is 0.369 e. The average molecular weight is 268 g/mol. The molecule has 80 valence electrons. The molecular formula is C12H14BrNO. The van der Waals surface area contributed by atoms with E-state index in [4.69, 9.17) is 5.73 Å². The van der Waals surface area contributed by atoms with E-state index in [1.165, 1.54) is 0 Å². The van der Waals surface area contributed by atoms with Crippen molar-refractivity contribution in [3.8, 4) is 0 Å². The van der Waals surface area contributed by atoms with Crippen LogP contribution in [0.15, 0.2) is 41.4 Å². The molecule has 0 spiro atoms. The Morgan fingerprint density at radius 1 is 1.53 bits per heavy atom. The van der Waals surface area contributed by atoms with Crippen LogP contribution in [0.25, 0.3) is 0 Å². The molecule has 1 rings (SSSR count). The van der Waals surface area contributed by atoms with E-state index >= 15 is 0 Å². The number of nitrogens with two attached hydrogens (primary N) is 1. The van der Waals surface area contributed by atoms with Crippen molar-refractivity contribution >= 4 is 21.8 Å². The van der Waals surface area contributed by atoms with Crippen LogP contribution in [0.2, 0.25) is 0 Å². The number of hydrogen-bond acceptors (Lipinski definition) is 1. The molecule has 0 saturated carbocycles. The maximum atomic E-state index is 11.5. The Bertz CT molecular complexity index is 372. The summed E-state index contributed by atoms with van der Waals surface area (Å²) in [5, 5.41) is 0. The number of benzene rings is 1. The van der Waals surface area contributed by atoms with Crippen LogP contribution in [0.4, 0.5) is 0 Å². The summed E-state index contributed by atoms with van der Waals surface area (Å²) in [7, 11) is 0. The van der Waals surface area contributed by atoms with Gasteiger partial charge in [-0.25, -0.2) is 0 Å². The fourth-order valence-electron chi connectivity index (χ4n) is 1.63. The van der Waals surface area contributed by atoms with Crippen LogP contribution in [-0.4, -0.2) is 5.91 Å². The molecule has 3 heteroatoms. The van der Waals surface area contributed by atoms with Crippen LogP contribution in [0.3, 0.4) is 0 Å². The van der Waals surface area contributed by atoms with E-state index in [0.29, 0.717) is 6.42 Å². The monoisotopic (exact) mass is 267 g/mol. The van der Waals surface area contributed by atoms with E-state index in [0.717, 1.165) is 10.0 Å². The zero-order valence-corrected chi connectivity index (χ0v) is 10.3. The van der Waals surface area contributed by atoms with E-state index in [-0.39, 0.29) is 5.91 Å². The Morgan fingerprint density at radius 2 is 2.07 bits per heavy atom. The van der Waals surface area contributed by atoms with Crippen LogP contribution in [0.5, 0.6) is 0 Å². The molecule has 0 aromatic heterocycles. The molecule has 1 aromatic rings. The Kier molecular flexibility index (Phi) is 3.69. The van der Waals surface area contributed by atoms with Gasteiger partial charge in [0.05, 0.1) is 5.41 Å². The zero-order valence-electron chi connectivity index (χ0n) is 8.66. The number of primary amides is 1. The SMILES string of the molecule is C=C[C@](CC)(C(N)=O)c1ccc(Br)cc1. The van der Waals surface area contributed by atoms with Gasteiger partial charge in [-0.15, -0.1) is 6.58 Å². The van der Waals surface area contributed by atoms with Crippen molar-refractivity contribution < 1.29 is 4.79 Å². The second-order valence-electron chi connectivity index (χ2n) is 3.40. The number of carbonyl (C=O) groups excluding carboxylic acids is 1. The lowest BCUT2D eigenvalue weighted by Gasteiger charge is -2.25. The molecule has 0 aliphatic rings. The molecule has 0 bridgehead atoms. The van der Waals surface area contributed by atoms with Crippen LogP contribution in [0, 0.1) is 0 Å². The number of carbonyl (C=O) groups is 1. The molecule has 2 N–H and O–H groups in total. The maximum Gasteiger partial charge on any atom is 0.231 e. The molecular weight excluding hydrogens is 254 g/mol. The normalized spacial score (nSPS) is 14.3. The number of rotatable bonds is 4. The smallest absolute Gasteiger partial charge is 0.231 e. The molecule has 15 heavy (non-hydrogen) atoms. The van der Waals surface area contributed by atoms with Gasteiger partial charge in [-0.1, -0.05) is 41.1 Å². The molecule has 0 heterocycles. The van der Waals surface area contributed by atoms with E-state index < -0.39 is 5.41 Å². The van der Waals surface area contributed by atoms with Gasteiger partial charge in [0.1, 0.15) is 0 Å². The molecule has 0 unspecified atom stereocenters. The summed E-state index contributed by atoms with van der Waals surface area (Å²) in [6.45, 7) is 5.64. The van der Waals surface area contributed by atoms with Gasteiger partial charge in [-0.05, 0) is 24.1 Å². The van der Waals surface area contributed by atoms with Crippen LogP contribution >= 0.6 is 15.9 Å². The van der Waals surface area contributed by atoms with Gasteiger partial charge in [0, 0.05) is 4.47 Å². The lowest BCUT2D eigenvalue weighted by Crippen LogP contribution is -2.38. The highest BCUT2D eigenvalue weighted by molar-refractivity contribution is 9.10. The molecule has 0 aliphatic heterocycles. The lowest BCUT2D eigenvalue weighted by molar-refractivity contribution is -0.122. The van der Waals surface area contributed by atoms with Gasteiger partial charge >= 0.3 is 0 Å². The Labute approximate surface area is 98.3 Å². The van der Waals surface area contributed by atoms with Crippen molar-refractivity contribution in [2.45, 2.75) is 18.8 Å². The van der Waals surface area contributed by atoms with Gasteiger partial charge in [0.2, 0.25) is 5.91 Å². The minimum atomic E-state index is -0.749. The molecule has 0 saturated heterocycles. The third-order valence-corrected chi connectivity index (χ3v) is 3.23. The van der Waals surface area contributed by atoms with E-state index in [9.17, 15) is 4.79 Å². The number of amides is 1. The first kappa shape index (κ1) is 12.0. The summed E-state index contributed by atoms with van der Waals surface area (Å²) in [6, 6.07) is 7.57. The van der Waals surface area contributed by atoms with Gasteiger partial charge in [0.15, 0.2) is 0 Å². The van der Waals surface area contributed by atoms with Gasteiger partial charge < -0.3 is 5.73 Å². The fraction of sp³-hybridized carbons (Fsp3) is 0.250. The second-order valence-corrected chi connectivity index (χ2v) is 4.32. The summed E-state index contributed by atoms with van der Waals surface area (Å²) in [6.07, 6.45) is 2.24. The van der Waals surface area contributed by atoms with E-state index in [1.807, 2.05) is 31.2 Å². The first-order valence-corrected chi connectivity index (χ1v) is 5.55. The van der Waals surface area contributed by atoms with Crippen molar-refractivity contribution in [2.75, 3.05) is 0 Å². The van der Waals surface area contributed by atoms with Crippen LogP contribution in [0.1, 0.15) is 18.9 Å². The predicted octanol–water partition coefficient (Wildman–Crippen LogP) is 2.77. The van der Waals surface area contributed by atoms with Gasteiger partial charge in [-0.3, -0.25) is 4.79 Å². The molecule has 1 atom stereocenters. The second kappa shape index (κ2) is 4.62. The quantitative estimate of drug-likeness (QED) is 0.838. The highest BCUT2D eigenvalue weighted by Gasteiger charge is 2.33. The van der Waals surface area contributed by atoms with Crippen molar-refractivity contribution in [1.82, 2.24) is 0 Å². The number of hydrogen-bond donors (Lipinski definition) is 1. The van der Waals surface area contributed by atoms with Gasteiger partial charge in [-0.2, -0.15) is 0 Å². The Hall–Kier alpha value is -1.09.